The lowest BCUT2D eigenvalue weighted by Crippen LogP contribution is -2.36. The third-order valence-electron chi connectivity index (χ3n) is 3.57. The summed E-state index contributed by atoms with van der Waals surface area (Å²) in [5, 5.41) is 9.17. The predicted octanol–water partition coefficient (Wildman–Crippen LogP) is 3.03. The summed E-state index contributed by atoms with van der Waals surface area (Å²) in [6, 6.07) is 7.88. The number of rotatable bonds is 5. The van der Waals surface area contributed by atoms with Gasteiger partial charge in [0.15, 0.2) is 0 Å². The smallest absolute Gasteiger partial charge is 0.324 e. The fourth-order valence-corrected chi connectivity index (χ4v) is 4.25. The van der Waals surface area contributed by atoms with Crippen LogP contribution in [0, 0.1) is 26.6 Å². The van der Waals surface area contributed by atoms with E-state index in [2.05, 4.69) is 0 Å². The zero-order valence-corrected chi connectivity index (χ0v) is 14.4. The molecule has 0 aliphatic rings. The highest BCUT2D eigenvalue weighted by molar-refractivity contribution is 7.92. The van der Waals surface area contributed by atoms with E-state index in [4.69, 9.17) is 5.11 Å². The first-order chi connectivity index (χ1) is 11.1. The Hall–Kier alpha value is -2.41. The molecule has 7 heteroatoms. The summed E-state index contributed by atoms with van der Waals surface area (Å²) in [4.78, 5) is 11.1. The van der Waals surface area contributed by atoms with E-state index in [1.54, 1.807) is 26.0 Å². The second-order valence-electron chi connectivity index (χ2n) is 5.61. The molecular weight excluding hydrogens is 333 g/mol. The maximum Gasteiger partial charge on any atom is 0.324 e. The Morgan fingerprint density at radius 2 is 1.58 bits per heavy atom. The van der Waals surface area contributed by atoms with Crippen LogP contribution in [-0.4, -0.2) is 26.0 Å². The van der Waals surface area contributed by atoms with Gasteiger partial charge in [-0.3, -0.25) is 9.10 Å². The third-order valence-corrected chi connectivity index (χ3v) is 5.33. The number of anilines is 1. The van der Waals surface area contributed by atoms with Crippen LogP contribution in [0.25, 0.3) is 0 Å². The van der Waals surface area contributed by atoms with E-state index < -0.39 is 28.4 Å². The standard InChI is InChI=1S/C17H18FNO4S/c1-11-8-12(2)17(13(3)9-11)19(10-16(20)21)24(22,23)15-6-4-14(18)5-7-15/h4-9H,10H2,1-3H3,(H,20,21). The van der Waals surface area contributed by atoms with Crippen LogP contribution in [-0.2, 0) is 14.8 Å². The molecule has 2 rings (SSSR count). The molecule has 1 N–H and O–H groups in total. The van der Waals surface area contributed by atoms with Crippen molar-refractivity contribution in [1.29, 1.82) is 0 Å². The lowest BCUT2D eigenvalue weighted by molar-refractivity contribution is -0.135. The third kappa shape index (κ3) is 3.56. The van der Waals surface area contributed by atoms with E-state index in [-0.39, 0.29) is 4.90 Å². The summed E-state index contributed by atoms with van der Waals surface area (Å²) in [5.41, 5.74) is 2.58. The van der Waals surface area contributed by atoms with Gasteiger partial charge in [-0.2, -0.15) is 0 Å². The molecule has 0 saturated heterocycles. The molecule has 0 fully saturated rings. The molecule has 0 bridgehead atoms. The fourth-order valence-electron chi connectivity index (χ4n) is 2.71. The van der Waals surface area contributed by atoms with Gasteiger partial charge in [-0.1, -0.05) is 17.7 Å². The van der Waals surface area contributed by atoms with E-state index >= 15 is 0 Å². The Kier molecular flexibility index (Phi) is 4.94. The molecule has 5 nitrogen and oxygen atoms in total. The number of aryl methyl sites for hydroxylation is 3. The minimum absolute atomic E-state index is 0.162. The lowest BCUT2D eigenvalue weighted by atomic mass is 10.1. The number of hydrogen-bond donors (Lipinski definition) is 1. The van der Waals surface area contributed by atoms with Crippen molar-refractivity contribution >= 4 is 21.7 Å². The molecule has 2 aromatic carbocycles. The first kappa shape index (κ1) is 17.9. The molecule has 0 spiro atoms. The number of carboxylic acid groups (broad SMARTS) is 1. The molecular formula is C17H18FNO4S. The quantitative estimate of drug-likeness (QED) is 0.898. The minimum Gasteiger partial charge on any atom is -0.480 e. The number of benzene rings is 2. The van der Waals surface area contributed by atoms with Crippen molar-refractivity contribution in [3.05, 3.63) is 58.9 Å². The van der Waals surface area contributed by atoms with E-state index in [0.29, 0.717) is 16.8 Å². The number of halogens is 1. The van der Waals surface area contributed by atoms with Gasteiger partial charge in [-0.25, -0.2) is 12.8 Å². The van der Waals surface area contributed by atoms with Crippen LogP contribution in [0.4, 0.5) is 10.1 Å². The first-order valence-electron chi connectivity index (χ1n) is 7.21. The van der Waals surface area contributed by atoms with Crippen LogP contribution < -0.4 is 4.31 Å². The van der Waals surface area contributed by atoms with Crippen LogP contribution in [0.1, 0.15) is 16.7 Å². The number of sulfonamides is 1. The SMILES string of the molecule is Cc1cc(C)c(N(CC(=O)O)S(=O)(=O)c2ccc(F)cc2)c(C)c1. The Morgan fingerprint density at radius 1 is 1.08 bits per heavy atom. The fraction of sp³-hybridized carbons (Fsp3) is 0.235. The van der Waals surface area contributed by atoms with Gasteiger partial charge in [0.1, 0.15) is 12.4 Å². The Labute approximate surface area is 140 Å². The van der Waals surface area contributed by atoms with Crippen molar-refractivity contribution in [2.24, 2.45) is 0 Å². The summed E-state index contributed by atoms with van der Waals surface area (Å²) in [7, 11) is -4.14. The number of aliphatic carboxylic acids is 1. The molecule has 0 heterocycles. The largest absolute Gasteiger partial charge is 0.480 e. The first-order valence-corrected chi connectivity index (χ1v) is 8.65. The van der Waals surface area contributed by atoms with Crippen LogP contribution in [0.5, 0.6) is 0 Å². The average Bonchev–Trinajstić information content (AvgIpc) is 2.45. The summed E-state index contributed by atoms with van der Waals surface area (Å²) in [6.07, 6.45) is 0. The highest BCUT2D eigenvalue weighted by Crippen LogP contribution is 2.31. The summed E-state index contributed by atoms with van der Waals surface area (Å²) >= 11 is 0. The molecule has 0 aliphatic heterocycles. The second-order valence-corrected chi connectivity index (χ2v) is 7.47. The van der Waals surface area contributed by atoms with Gasteiger partial charge in [0, 0.05) is 0 Å². The van der Waals surface area contributed by atoms with Crippen molar-refractivity contribution in [1.82, 2.24) is 0 Å². The minimum atomic E-state index is -4.14. The number of carboxylic acids is 1. The van der Waals surface area contributed by atoms with Gasteiger partial charge in [-0.15, -0.1) is 0 Å². The lowest BCUT2D eigenvalue weighted by Gasteiger charge is -2.26. The Morgan fingerprint density at radius 3 is 2.04 bits per heavy atom. The predicted molar refractivity (Wildman–Crippen MR) is 89.2 cm³/mol. The molecule has 2 aromatic rings. The Bertz CT molecular complexity index is 853. The summed E-state index contributed by atoms with van der Waals surface area (Å²) in [6.45, 7) is 4.61. The highest BCUT2D eigenvalue weighted by Gasteiger charge is 2.29. The zero-order chi connectivity index (χ0) is 18.1. The van der Waals surface area contributed by atoms with Gasteiger partial charge in [0.2, 0.25) is 0 Å². The normalized spacial score (nSPS) is 11.3. The van der Waals surface area contributed by atoms with Crippen molar-refractivity contribution in [3.8, 4) is 0 Å². The van der Waals surface area contributed by atoms with E-state index in [1.165, 1.54) is 0 Å². The van der Waals surface area contributed by atoms with Crippen LogP contribution in [0.15, 0.2) is 41.3 Å². The van der Waals surface area contributed by atoms with Crippen molar-refractivity contribution < 1.29 is 22.7 Å². The molecule has 0 radical (unpaired) electrons. The molecule has 0 atom stereocenters. The molecule has 128 valence electrons. The van der Waals surface area contributed by atoms with Gasteiger partial charge >= 0.3 is 5.97 Å². The van der Waals surface area contributed by atoms with E-state index in [9.17, 15) is 17.6 Å². The Balaban J connectivity index is 2.65. The van der Waals surface area contributed by atoms with Crippen LogP contribution in [0.3, 0.4) is 0 Å². The number of carbonyl (C=O) groups is 1. The highest BCUT2D eigenvalue weighted by atomic mass is 32.2. The monoisotopic (exact) mass is 351 g/mol. The molecule has 0 aliphatic carbocycles. The van der Waals surface area contributed by atoms with Crippen molar-refractivity contribution in [2.45, 2.75) is 25.7 Å². The topological polar surface area (TPSA) is 74.7 Å². The van der Waals surface area contributed by atoms with Crippen molar-refractivity contribution in [3.63, 3.8) is 0 Å². The second kappa shape index (κ2) is 6.60. The van der Waals surface area contributed by atoms with Crippen molar-refractivity contribution in [2.75, 3.05) is 10.8 Å². The molecule has 24 heavy (non-hydrogen) atoms. The average molecular weight is 351 g/mol. The molecule has 0 saturated carbocycles. The van der Waals surface area contributed by atoms with Gasteiger partial charge in [0.05, 0.1) is 10.6 Å². The number of nitrogens with zero attached hydrogens (tertiary/aromatic N) is 1. The maximum atomic E-state index is 13.1. The van der Waals surface area contributed by atoms with E-state index in [0.717, 1.165) is 34.1 Å². The summed E-state index contributed by atoms with van der Waals surface area (Å²) < 4.78 is 39.8. The maximum absolute atomic E-state index is 13.1. The van der Waals surface area contributed by atoms with Gasteiger partial charge in [-0.05, 0) is 56.2 Å². The van der Waals surface area contributed by atoms with Gasteiger partial charge < -0.3 is 5.11 Å². The summed E-state index contributed by atoms with van der Waals surface area (Å²) in [5.74, 6) is -1.85. The van der Waals surface area contributed by atoms with Crippen LogP contribution >= 0.6 is 0 Å². The zero-order valence-electron chi connectivity index (χ0n) is 13.6. The number of hydrogen-bond acceptors (Lipinski definition) is 3. The molecule has 0 unspecified atom stereocenters. The van der Waals surface area contributed by atoms with E-state index in [1.807, 2.05) is 6.92 Å². The molecule has 0 aromatic heterocycles. The van der Waals surface area contributed by atoms with Crippen LogP contribution in [0.2, 0.25) is 0 Å². The molecule has 0 amide bonds. The van der Waals surface area contributed by atoms with Gasteiger partial charge in [0.25, 0.3) is 10.0 Å².